The van der Waals surface area contributed by atoms with Crippen molar-refractivity contribution >= 4 is 18.3 Å². The molecule has 3 nitrogen and oxygen atoms in total. The Labute approximate surface area is 139 Å². The maximum absolute atomic E-state index is 12.2. The molecule has 0 saturated carbocycles. The number of benzene rings is 1. The molecule has 22 heavy (non-hydrogen) atoms. The van der Waals surface area contributed by atoms with Gasteiger partial charge in [0, 0.05) is 6.42 Å². The summed E-state index contributed by atoms with van der Waals surface area (Å²) in [6, 6.07) is 8.78. The molecule has 0 radical (unpaired) electrons. The molecule has 1 aromatic carbocycles. The summed E-state index contributed by atoms with van der Waals surface area (Å²) in [7, 11) is 0. The second-order valence-electron chi connectivity index (χ2n) is 6.44. The second kappa shape index (κ2) is 8.54. The van der Waals surface area contributed by atoms with Crippen molar-refractivity contribution in [1.82, 2.24) is 10.6 Å². The number of piperidine rings is 1. The number of rotatable bonds is 4. The summed E-state index contributed by atoms with van der Waals surface area (Å²) in [5.41, 5.74) is 2.74. The van der Waals surface area contributed by atoms with Crippen molar-refractivity contribution in [2.24, 2.45) is 5.92 Å². The van der Waals surface area contributed by atoms with Crippen LogP contribution in [0.15, 0.2) is 24.3 Å². The second-order valence-corrected chi connectivity index (χ2v) is 6.44. The molecule has 122 valence electrons. The number of hydrogen-bond donors (Lipinski definition) is 2. The molecule has 1 aliphatic carbocycles. The molecule has 1 amide bonds. The maximum Gasteiger partial charge on any atom is 0.220 e. The summed E-state index contributed by atoms with van der Waals surface area (Å²) in [6.45, 7) is 2.23. The molecule has 3 rings (SSSR count). The third-order valence-electron chi connectivity index (χ3n) is 4.94. The molecule has 2 aliphatic rings. The van der Waals surface area contributed by atoms with Crippen molar-refractivity contribution in [1.29, 1.82) is 0 Å². The van der Waals surface area contributed by atoms with Crippen molar-refractivity contribution in [3.05, 3.63) is 35.4 Å². The molecule has 1 unspecified atom stereocenters. The van der Waals surface area contributed by atoms with Gasteiger partial charge < -0.3 is 10.6 Å². The highest BCUT2D eigenvalue weighted by atomic mass is 35.5. The van der Waals surface area contributed by atoms with Gasteiger partial charge in [-0.3, -0.25) is 4.79 Å². The third kappa shape index (κ3) is 4.47. The van der Waals surface area contributed by atoms with Crippen LogP contribution in [0.1, 0.15) is 55.7 Å². The highest BCUT2D eigenvalue weighted by Crippen LogP contribution is 2.29. The lowest BCUT2D eigenvalue weighted by atomic mass is 9.87. The predicted molar refractivity (Wildman–Crippen MR) is 92.3 cm³/mol. The smallest absolute Gasteiger partial charge is 0.220 e. The summed E-state index contributed by atoms with van der Waals surface area (Å²) in [5.74, 6) is 0.964. The van der Waals surface area contributed by atoms with Gasteiger partial charge in [-0.25, -0.2) is 0 Å². The number of carbonyl (C=O) groups is 1. The molecule has 1 aromatic rings. The van der Waals surface area contributed by atoms with E-state index in [0.717, 1.165) is 38.3 Å². The number of nitrogens with one attached hydrogen (secondary N) is 2. The summed E-state index contributed by atoms with van der Waals surface area (Å²) < 4.78 is 0. The normalized spacial score (nSPS) is 21.5. The van der Waals surface area contributed by atoms with Gasteiger partial charge >= 0.3 is 0 Å². The van der Waals surface area contributed by atoms with Gasteiger partial charge in [-0.15, -0.1) is 12.4 Å². The molecule has 1 atom stereocenters. The topological polar surface area (TPSA) is 41.1 Å². The number of fused-ring (bicyclic) bond motifs is 1. The summed E-state index contributed by atoms with van der Waals surface area (Å²) in [5, 5.41) is 6.64. The van der Waals surface area contributed by atoms with Crippen molar-refractivity contribution in [2.45, 2.75) is 51.0 Å². The van der Waals surface area contributed by atoms with Crippen molar-refractivity contribution in [2.75, 3.05) is 13.1 Å². The van der Waals surface area contributed by atoms with Crippen LogP contribution in [0.3, 0.4) is 0 Å². The van der Waals surface area contributed by atoms with E-state index in [1.165, 1.54) is 30.4 Å². The Kier molecular flexibility index (Phi) is 6.71. The first-order valence-corrected chi connectivity index (χ1v) is 8.41. The quantitative estimate of drug-likeness (QED) is 0.892. The highest BCUT2D eigenvalue weighted by molar-refractivity contribution is 5.85. The molecule has 0 spiro atoms. The fraction of sp³-hybridized carbons (Fsp3) is 0.611. The first kappa shape index (κ1) is 17.3. The lowest BCUT2D eigenvalue weighted by Gasteiger charge is -2.27. The molecular formula is C18H27ClN2O. The fourth-order valence-corrected chi connectivity index (χ4v) is 3.68. The Morgan fingerprint density at radius 1 is 1.18 bits per heavy atom. The molecule has 0 aromatic heterocycles. The van der Waals surface area contributed by atoms with Gasteiger partial charge in [0.15, 0.2) is 0 Å². The summed E-state index contributed by atoms with van der Waals surface area (Å²) in [4.78, 5) is 12.2. The van der Waals surface area contributed by atoms with Crippen LogP contribution in [0.5, 0.6) is 0 Å². The van der Waals surface area contributed by atoms with E-state index in [0.29, 0.717) is 6.42 Å². The van der Waals surface area contributed by atoms with Gasteiger partial charge in [0.05, 0.1) is 6.04 Å². The Morgan fingerprint density at radius 3 is 2.77 bits per heavy atom. The number of amides is 1. The predicted octanol–water partition coefficient (Wildman–Crippen LogP) is 3.38. The van der Waals surface area contributed by atoms with Crippen LogP contribution in [0.2, 0.25) is 0 Å². The van der Waals surface area contributed by atoms with Crippen LogP contribution >= 0.6 is 12.4 Å². The van der Waals surface area contributed by atoms with Gasteiger partial charge in [0.25, 0.3) is 0 Å². The minimum Gasteiger partial charge on any atom is -0.349 e. The van der Waals surface area contributed by atoms with Gasteiger partial charge in [0.1, 0.15) is 0 Å². The molecule has 0 bridgehead atoms. The van der Waals surface area contributed by atoms with Crippen LogP contribution in [-0.2, 0) is 11.2 Å². The summed E-state index contributed by atoms with van der Waals surface area (Å²) >= 11 is 0. The van der Waals surface area contributed by atoms with Gasteiger partial charge in [-0.1, -0.05) is 24.3 Å². The Balaban J connectivity index is 0.00000176. The lowest BCUT2D eigenvalue weighted by Crippen LogP contribution is -2.32. The Hall–Kier alpha value is -1.06. The van der Waals surface area contributed by atoms with Crippen LogP contribution in [0, 0.1) is 5.92 Å². The molecule has 1 saturated heterocycles. The van der Waals surface area contributed by atoms with E-state index in [1.807, 2.05) is 0 Å². The Morgan fingerprint density at radius 2 is 1.95 bits per heavy atom. The van der Waals surface area contributed by atoms with E-state index in [9.17, 15) is 4.79 Å². The van der Waals surface area contributed by atoms with E-state index in [4.69, 9.17) is 0 Å². The molecule has 1 fully saturated rings. The largest absolute Gasteiger partial charge is 0.349 e. The fourth-order valence-electron chi connectivity index (χ4n) is 3.68. The van der Waals surface area contributed by atoms with E-state index in [2.05, 4.69) is 34.9 Å². The van der Waals surface area contributed by atoms with Crippen molar-refractivity contribution < 1.29 is 4.79 Å². The maximum atomic E-state index is 12.2. The minimum atomic E-state index is 0. The van der Waals surface area contributed by atoms with Gasteiger partial charge in [0.2, 0.25) is 5.91 Å². The number of carbonyl (C=O) groups excluding carboxylic acids is 1. The van der Waals surface area contributed by atoms with Gasteiger partial charge in [-0.05, 0) is 68.7 Å². The Bertz CT molecular complexity index is 486. The molecule has 1 aliphatic heterocycles. The standard InChI is InChI=1S/C18H26N2O.ClH/c21-18(9-8-14-10-12-19-13-11-14)20-17-7-3-5-15-4-1-2-6-16(15)17;/h1-2,4,6,14,17,19H,3,5,7-13H2,(H,20,21);1H. The monoisotopic (exact) mass is 322 g/mol. The van der Waals surface area contributed by atoms with Crippen molar-refractivity contribution in [3.8, 4) is 0 Å². The van der Waals surface area contributed by atoms with Gasteiger partial charge in [-0.2, -0.15) is 0 Å². The molecule has 4 heteroatoms. The van der Waals surface area contributed by atoms with Crippen LogP contribution in [0.25, 0.3) is 0 Å². The lowest BCUT2D eigenvalue weighted by molar-refractivity contribution is -0.122. The number of aryl methyl sites for hydroxylation is 1. The number of hydrogen-bond acceptors (Lipinski definition) is 2. The van der Waals surface area contributed by atoms with E-state index in [1.54, 1.807) is 0 Å². The molecule has 2 N–H and O–H groups in total. The van der Waals surface area contributed by atoms with Crippen molar-refractivity contribution in [3.63, 3.8) is 0 Å². The average molecular weight is 323 g/mol. The zero-order valence-corrected chi connectivity index (χ0v) is 14.0. The first-order valence-electron chi connectivity index (χ1n) is 8.41. The molecule has 1 heterocycles. The summed E-state index contributed by atoms with van der Waals surface area (Å²) in [6.07, 6.45) is 7.58. The zero-order valence-electron chi connectivity index (χ0n) is 13.1. The first-order chi connectivity index (χ1) is 10.3. The van der Waals surface area contributed by atoms with Crippen LogP contribution < -0.4 is 10.6 Å². The van der Waals surface area contributed by atoms with E-state index in [-0.39, 0.29) is 24.4 Å². The average Bonchev–Trinajstić information content (AvgIpc) is 2.54. The number of halogens is 1. The third-order valence-corrected chi connectivity index (χ3v) is 4.94. The van der Waals surface area contributed by atoms with Crippen LogP contribution in [-0.4, -0.2) is 19.0 Å². The minimum absolute atomic E-state index is 0. The zero-order chi connectivity index (χ0) is 14.5. The SMILES string of the molecule is Cl.O=C(CCC1CCNCC1)NC1CCCc2ccccc21. The highest BCUT2D eigenvalue weighted by Gasteiger charge is 2.22. The molecular weight excluding hydrogens is 296 g/mol. The van der Waals surface area contributed by atoms with Crippen LogP contribution in [0.4, 0.5) is 0 Å². The van der Waals surface area contributed by atoms with E-state index < -0.39 is 0 Å². The van der Waals surface area contributed by atoms with E-state index >= 15 is 0 Å².